The van der Waals surface area contributed by atoms with Crippen LogP contribution >= 0.6 is 23.2 Å². The Morgan fingerprint density at radius 1 is 1.71 bits per heavy atom. The van der Waals surface area contributed by atoms with Crippen LogP contribution in [0.2, 0.25) is 0 Å². The van der Waals surface area contributed by atoms with Crippen molar-refractivity contribution in [1.29, 1.82) is 0 Å². The van der Waals surface area contributed by atoms with Gasteiger partial charge in [0.15, 0.2) is 0 Å². The van der Waals surface area contributed by atoms with Gasteiger partial charge in [0.05, 0.1) is 0 Å². The van der Waals surface area contributed by atoms with Crippen molar-refractivity contribution in [2.75, 3.05) is 0 Å². The molecule has 0 heterocycles. The third-order valence-corrected chi connectivity index (χ3v) is 0.402. The molecular weight excluding hydrogens is 135 g/mol. The Hall–Kier alpha value is -0.0800. The second-order valence-corrected chi connectivity index (χ2v) is 1.55. The fourth-order valence-electron chi connectivity index (χ4n) is 0.101. The number of hydrogen-bond donors (Lipinski definition) is 0. The topological polar surface area (TPSA) is 24.7 Å². The summed E-state index contributed by atoms with van der Waals surface area (Å²) in [4.78, 5) is 0. The van der Waals surface area contributed by atoms with Gasteiger partial charge in [-0.05, 0) is 6.92 Å². The lowest BCUT2D eigenvalue weighted by molar-refractivity contribution is 1.27. The van der Waals surface area contributed by atoms with Gasteiger partial charge in [0, 0.05) is 0 Å². The molecule has 0 radical (unpaired) electrons. The van der Waals surface area contributed by atoms with E-state index >= 15 is 0 Å². The van der Waals surface area contributed by atoms with Crippen LogP contribution in [0.4, 0.5) is 0 Å². The second kappa shape index (κ2) is 4.09. The maximum Gasteiger partial charge on any atom is 0.125 e. The average molecular weight is 139 g/mol. The van der Waals surface area contributed by atoms with E-state index in [0.29, 0.717) is 5.17 Å². The Kier molecular flexibility index (Phi) is 4.04. The van der Waals surface area contributed by atoms with Crippen molar-refractivity contribution >= 4 is 34.0 Å². The van der Waals surface area contributed by atoms with Crippen molar-refractivity contribution in [1.82, 2.24) is 0 Å². The number of halogens is 2. The minimum atomic E-state index is 0.372. The third kappa shape index (κ3) is 5.92. The highest BCUT2D eigenvalue weighted by atomic mass is 35.5. The summed E-state index contributed by atoms with van der Waals surface area (Å²) in [6.45, 7) is 1.62. The minimum absolute atomic E-state index is 0.372. The van der Waals surface area contributed by atoms with Gasteiger partial charge in [0.25, 0.3) is 0 Å². The van der Waals surface area contributed by atoms with E-state index in [-0.39, 0.29) is 0 Å². The van der Waals surface area contributed by atoms with Crippen molar-refractivity contribution in [2.24, 2.45) is 10.2 Å². The van der Waals surface area contributed by atoms with Crippen molar-refractivity contribution in [3.05, 3.63) is 0 Å². The lowest BCUT2D eigenvalue weighted by Crippen LogP contribution is -1.69. The normalized spacial score (nSPS) is 13.3. The molecule has 0 unspecified atom stereocenters. The molecule has 0 amide bonds. The molecule has 7 heavy (non-hydrogen) atoms. The van der Waals surface area contributed by atoms with Gasteiger partial charge < -0.3 is 0 Å². The molecule has 0 aliphatic carbocycles. The summed E-state index contributed by atoms with van der Waals surface area (Å²) in [6.07, 6.45) is 0. The second-order valence-electron chi connectivity index (χ2n) is 0.810. The summed E-state index contributed by atoms with van der Waals surface area (Å²) in [5.41, 5.74) is 1.05. The highest BCUT2D eigenvalue weighted by Gasteiger charge is 1.72. The molecule has 2 nitrogen and oxygen atoms in total. The number of hydrogen-bond acceptors (Lipinski definition) is 2. The largest absolute Gasteiger partial charge is 0.146 e. The molecule has 0 saturated carbocycles. The summed E-state index contributed by atoms with van der Waals surface area (Å²) in [7, 11) is 0. The van der Waals surface area contributed by atoms with Gasteiger partial charge in [-0.25, -0.2) is 0 Å². The predicted octanol–water partition coefficient (Wildman–Crippen LogP) is 1.83. The highest BCUT2D eigenvalue weighted by molar-refractivity contribution is 6.64. The highest BCUT2D eigenvalue weighted by Crippen LogP contribution is 1.82. The quantitative estimate of drug-likeness (QED) is 0.391. The maximum atomic E-state index is 5.23. The summed E-state index contributed by atoms with van der Waals surface area (Å²) in [5.74, 6) is 0. The Labute approximate surface area is 51.8 Å². The Balaban J connectivity index is 3.46. The molecule has 0 aromatic rings. The van der Waals surface area contributed by atoms with Gasteiger partial charge in [0.1, 0.15) is 10.8 Å². The zero-order chi connectivity index (χ0) is 5.70. The fourth-order valence-corrected chi connectivity index (χ4v) is 0.189. The first-order chi connectivity index (χ1) is 3.27. The molecule has 0 aromatic carbocycles. The fraction of sp³-hybridized carbons (Fsp3) is 0.333. The maximum absolute atomic E-state index is 5.23. The van der Waals surface area contributed by atoms with Crippen molar-refractivity contribution in [3.8, 4) is 0 Å². The van der Waals surface area contributed by atoms with Gasteiger partial charge in [-0.2, -0.15) is 0 Å². The smallest absolute Gasteiger partial charge is 0.125 e. The molecule has 40 valence electrons. The van der Waals surface area contributed by atoms with Crippen LogP contribution in [-0.4, -0.2) is 10.8 Å². The number of nitrogens with zero attached hydrogens (tertiary/aromatic N) is 2. The first kappa shape index (κ1) is 6.92. The monoisotopic (exact) mass is 138 g/mol. The molecule has 0 rings (SSSR count). The van der Waals surface area contributed by atoms with Gasteiger partial charge >= 0.3 is 0 Å². The van der Waals surface area contributed by atoms with Crippen LogP contribution in [0.1, 0.15) is 6.92 Å². The Morgan fingerprint density at radius 2 is 2.29 bits per heavy atom. The molecule has 0 bridgehead atoms. The summed E-state index contributed by atoms with van der Waals surface area (Å²) in [5, 5.41) is 7.00. The van der Waals surface area contributed by atoms with Crippen LogP contribution in [0, 0.1) is 0 Å². The van der Waals surface area contributed by atoms with Gasteiger partial charge in [-0.15, -0.1) is 10.2 Å². The lowest BCUT2D eigenvalue weighted by Gasteiger charge is -1.73. The zero-order valence-corrected chi connectivity index (χ0v) is 5.24. The Bertz CT molecular complexity index is 93.1. The van der Waals surface area contributed by atoms with Crippen LogP contribution in [0.15, 0.2) is 10.2 Å². The first-order valence-electron chi connectivity index (χ1n) is 1.59. The molecule has 0 N–H and O–H groups in total. The summed E-state index contributed by atoms with van der Waals surface area (Å²) in [6, 6.07) is 0. The van der Waals surface area contributed by atoms with Crippen LogP contribution in [-0.2, 0) is 0 Å². The van der Waals surface area contributed by atoms with E-state index in [9.17, 15) is 0 Å². The summed E-state index contributed by atoms with van der Waals surface area (Å²) >= 11 is 10.2. The van der Waals surface area contributed by atoms with Crippen LogP contribution in [0.3, 0.4) is 0 Å². The molecule has 0 fully saturated rings. The van der Waals surface area contributed by atoms with E-state index in [1.807, 2.05) is 0 Å². The van der Waals surface area contributed by atoms with E-state index in [1.54, 1.807) is 6.92 Å². The minimum Gasteiger partial charge on any atom is -0.146 e. The van der Waals surface area contributed by atoms with Crippen LogP contribution in [0.5, 0.6) is 0 Å². The number of rotatable bonds is 1. The molecule has 0 aliphatic heterocycles. The van der Waals surface area contributed by atoms with Crippen LogP contribution in [0.25, 0.3) is 0 Å². The first-order valence-corrected chi connectivity index (χ1v) is 2.40. The van der Waals surface area contributed by atoms with E-state index in [2.05, 4.69) is 10.2 Å². The molecule has 0 spiro atoms. The van der Waals surface area contributed by atoms with Crippen molar-refractivity contribution in [3.63, 3.8) is 0 Å². The zero-order valence-electron chi connectivity index (χ0n) is 3.73. The lowest BCUT2D eigenvalue weighted by atomic mass is 10.9. The Morgan fingerprint density at radius 3 is 2.43 bits per heavy atom. The molecule has 0 aliphatic rings. The van der Waals surface area contributed by atoms with E-state index in [4.69, 9.17) is 23.2 Å². The third-order valence-electron chi connectivity index (χ3n) is 0.239. The van der Waals surface area contributed by atoms with E-state index in [0.717, 1.165) is 5.67 Å². The van der Waals surface area contributed by atoms with Gasteiger partial charge in [0.2, 0.25) is 0 Å². The predicted molar refractivity (Wildman–Crippen MR) is 33.3 cm³/mol. The molecule has 0 atom stereocenters. The van der Waals surface area contributed by atoms with Crippen molar-refractivity contribution in [2.45, 2.75) is 6.92 Å². The van der Waals surface area contributed by atoms with Crippen molar-refractivity contribution < 1.29 is 0 Å². The van der Waals surface area contributed by atoms with Gasteiger partial charge in [-0.1, -0.05) is 23.2 Å². The van der Waals surface area contributed by atoms with Gasteiger partial charge in [-0.3, -0.25) is 0 Å². The average Bonchev–Trinajstić information content (AvgIpc) is 1.61. The van der Waals surface area contributed by atoms with E-state index in [1.165, 1.54) is 0 Å². The molecule has 0 saturated heterocycles. The standard InChI is InChI=1S/C3H4Cl2N2/c1-3(5)7-6-2-4/h2H,1H3/b6-2?,7-3-. The molecular formula is C3H4Cl2N2. The van der Waals surface area contributed by atoms with E-state index < -0.39 is 0 Å². The van der Waals surface area contributed by atoms with Crippen LogP contribution < -0.4 is 0 Å². The molecule has 0 aromatic heterocycles. The molecule has 4 heteroatoms. The SMILES string of the molecule is C/C(Cl)=N/N=CCl. The summed E-state index contributed by atoms with van der Waals surface area (Å²) < 4.78 is 0.